The SMILES string of the molecule is Cc1ccc(C(=O)N(Cc2cccs2)CC2CCCO2)cc1NC(=O)c1ccco1. The van der Waals surface area contributed by atoms with Gasteiger partial charge >= 0.3 is 0 Å². The van der Waals surface area contributed by atoms with Gasteiger partial charge in [-0.3, -0.25) is 9.59 Å². The van der Waals surface area contributed by atoms with Crippen molar-refractivity contribution in [2.24, 2.45) is 0 Å². The lowest BCUT2D eigenvalue weighted by Crippen LogP contribution is -2.36. The molecule has 3 aromatic rings. The minimum atomic E-state index is -0.345. The Labute approximate surface area is 179 Å². The molecule has 3 heterocycles. The molecule has 1 atom stereocenters. The summed E-state index contributed by atoms with van der Waals surface area (Å²) in [6, 6.07) is 12.7. The average Bonchev–Trinajstić information content (AvgIpc) is 3.52. The molecule has 7 heteroatoms. The molecule has 1 fully saturated rings. The maximum Gasteiger partial charge on any atom is 0.291 e. The van der Waals surface area contributed by atoms with E-state index in [1.165, 1.54) is 6.26 Å². The van der Waals surface area contributed by atoms with Gasteiger partial charge in [-0.05, 0) is 61.0 Å². The van der Waals surface area contributed by atoms with Gasteiger partial charge in [-0.15, -0.1) is 11.3 Å². The van der Waals surface area contributed by atoms with Crippen LogP contribution in [0.15, 0.2) is 58.5 Å². The predicted octanol–water partition coefficient (Wildman–Crippen LogP) is 4.72. The number of hydrogen-bond acceptors (Lipinski definition) is 5. The maximum absolute atomic E-state index is 13.4. The molecule has 0 radical (unpaired) electrons. The van der Waals surface area contributed by atoms with Gasteiger partial charge in [0.05, 0.1) is 18.9 Å². The second-order valence-electron chi connectivity index (χ2n) is 7.36. The number of nitrogens with zero attached hydrogens (tertiary/aromatic N) is 1. The summed E-state index contributed by atoms with van der Waals surface area (Å²) in [5.41, 5.74) is 2.00. The van der Waals surface area contributed by atoms with Crippen LogP contribution in [0.2, 0.25) is 0 Å². The Morgan fingerprint density at radius 1 is 1.23 bits per heavy atom. The molecule has 2 amide bonds. The molecule has 0 bridgehead atoms. The van der Waals surface area contributed by atoms with Crippen LogP contribution in [-0.4, -0.2) is 36.0 Å². The topological polar surface area (TPSA) is 71.8 Å². The lowest BCUT2D eigenvalue weighted by atomic mass is 10.1. The second-order valence-corrected chi connectivity index (χ2v) is 8.39. The van der Waals surface area contributed by atoms with Crippen molar-refractivity contribution in [2.45, 2.75) is 32.4 Å². The fraction of sp³-hybridized carbons (Fsp3) is 0.304. The molecule has 1 aliphatic heterocycles. The zero-order valence-corrected chi connectivity index (χ0v) is 17.6. The molecule has 1 aromatic carbocycles. The first-order valence-electron chi connectivity index (χ1n) is 9.99. The van der Waals surface area contributed by atoms with Crippen molar-refractivity contribution in [3.05, 3.63) is 75.9 Å². The molecule has 1 unspecified atom stereocenters. The highest BCUT2D eigenvalue weighted by Crippen LogP contribution is 2.23. The smallest absolute Gasteiger partial charge is 0.291 e. The van der Waals surface area contributed by atoms with Crippen molar-refractivity contribution in [3.63, 3.8) is 0 Å². The molecule has 0 spiro atoms. The number of carbonyl (C=O) groups is 2. The van der Waals surface area contributed by atoms with Crippen LogP contribution in [0, 0.1) is 6.92 Å². The third-order valence-corrected chi connectivity index (χ3v) is 6.00. The number of benzene rings is 1. The molecule has 156 valence electrons. The van der Waals surface area contributed by atoms with Crippen molar-refractivity contribution in [1.29, 1.82) is 0 Å². The molecule has 6 nitrogen and oxygen atoms in total. The molecular weight excluding hydrogens is 400 g/mol. The minimum absolute atomic E-state index is 0.0671. The molecule has 30 heavy (non-hydrogen) atoms. The van der Waals surface area contributed by atoms with E-state index in [0.717, 1.165) is 29.9 Å². The van der Waals surface area contributed by atoms with Crippen LogP contribution in [0.1, 0.15) is 44.2 Å². The van der Waals surface area contributed by atoms with Gasteiger partial charge in [0.25, 0.3) is 11.8 Å². The van der Waals surface area contributed by atoms with E-state index in [0.29, 0.717) is 24.3 Å². The van der Waals surface area contributed by atoms with E-state index in [4.69, 9.17) is 9.15 Å². The van der Waals surface area contributed by atoms with Crippen LogP contribution < -0.4 is 5.32 Å². The molecule has 2 aromatic heterocycles. The number of nitrogens with one attached hydrogen (secondary N) is 1. The number of carbonyl (C=O) groups excluding carboxylic acids is 2. The summed E-state index contributed by atoms with van der Waals surface area (Å²) in [5, 5.41) is 4.85. The first-order valence-corrected chi connectivity index (χ1v) is 10.9. The fourth-order valence-corrected chi connectivity index (χ4v) is 4.23. The van der Waals surface area contributed by atoms with Crippen LogP contribution >= 0.6 is 11.3 Å². The second kappa shape index (κ2) is 9.28. The number of thiophene rings is 1. The lowest BCUT2D eigenvalue weighted by molar-refractivity contribution is 0.0509. The van der Waals surface area contributed by atoms with Crippen molar-refractivity contribution in [3.8, 4) is 0 Å². The summed E-state index contributed by atoms with van der Waals surface area (Å²) in [5.74, 6) is -0.196. The Kier molecular flexibility index (Phi) is 6.30. The number of rotatable bonds is 7. The zero-order valence-electron chi connectivity index (χ0n) is 16.8. The van der Waals surface area contributed by atoms with E-state index in [1.54, 1.807) is 35.6 Å². The first-order chi connectivity index (χ1) is 14.6. The van der Waals surface area contributed by atoms with Crippen LogP contribution in [0.4, 0.5) is 5.69 Å². The Bertz CT molecular complexity index is 992. The van der Waals surface area contributed by atoms with Gasteiger partial charge in [0.1, 0.15) is 0 Å². The molecule has 0 saturated carbocycles. The Morgan fingerprint density at radius 2 is 2.13 bits per heavy atom. The summed E-state index contributed by atoms with van der Waals surface area (Å²) in [4.78, 5) is 28.7. The normalized spacial score (nSPS) is 15.8. The number of aryl methyl sites for hydroxylation is 1. The quantitative estimate of drug-likeness (QED) is 0.596. The molecular formula is C23H24N2O4S. The van der Waals surface area contributed by atoms with Crippen LogP contribution in [0.5, 0.6) is 0 Å². The number of furan rings is 1. The van der Waals surface area contributed by atoms with Crippen molar-refractivity contribution < 1.29 is 18.7 Å². The van der Waals surface area contributed by atoms with Crippen molar-refractivity contribution >= 4 is 28.8 Å². The number of hydrogen-bond donors (Lipinski definition) is 1. The molecule has 0 aliphatic carbocycles. The van der Waals surface area contributed by atoms with Gasteiger partial charge < -0.3 is 19.4 Å². The van der Waals surface area contributed by atoms with E-state index >= 15 is 0 Å². The first kappa shape index (κ1) is 20.4. The molecule has 4 rings (SSSR count). The summed E-state index contributed by atoms with van der Waals surface area (Å²) in [6.45, 7) is 3.73. The summed E-state index contributed by atoms with van der Waals surface area (Å²) < 4.78 is 10.9. The van der Waals surface area contributed by atoms with E-state index in [9.17, 15) is 9.59 Å². The maximum atomic E-state index is 13.4. The van der Waals surface area contributed by atoms with Gasteiger partial charge in [-0.25, -0.2) is 0 Å². The highest BCUT2D eigenvalue weighted by atomic mass is 32.1. The Balaban J connectivity index is 1.54. The zero-order chi connectivity index (χ0) is 20.9. The highest BCUT2D eigenvalue weighted by molar-refractivity contribution is 7.09. The monoisotopic (exact) mass is 424 g/mol. The van der Waals surface area contributed by atoms with Crippen LogP contribution in [-0.2, 0) is 11.3 Å². The van der Waals surface area contributed by atoms with Gasteiger partial charge in [-0.1, -0.05) is 12.1 Å². The Morgan fingerprint density at radius 3 is 2.83 bits per heavy atom. The third kappa shape index (κ3) is 4.80. The number of ether oxygens (including phenoxy) is 1. The third-order valence-electron chi connectivity index (χ3n) is 5.14. The molecule has 1 aliphatic rings. The van der Waals surface area contributed by atoms with Gasteiger partial charge in [-0.2, -0.15) is 0 Å². The number of anilines is 1. The standard InChI is InChI=1S/C23H24N2O4S/c1-16-8-9-17(13-20(16)24-22(26)21-7-3-11-29-21)23(27)25(14-18-5-2-10-28-18)15-19-6-4-12-30-19/h3-4,6-9,11-13,18H,2,5,10,14-15H2,1H3,(H,24,26). The minimum Gasteiger partial charge on any atom is -0.459 e. The molecule has 1 saturated heterocycles. The highest BCUT2D eigenvalue weighted by Gasteiger charge is 2.24. The molecule has 1 N–H and O–H groups in total. The van der Waals surface area contributed by atoms with Crippen molar-refractivity contribution in [2.75, 3.05) is 18.5 Å². The van der Waals surface area contributed by atoms with E-state index in [2.05, 4.69) is 5.32 Å². The Hall–Kier alpha value is -2.90. The average molecular weight is 425 g/mol. The van der Waals surface area contributed by atoms with Gasteiger partial charge in [0.2, 0.25) is 0 Å². The van der Waals surface area contributed by atoms with E-state index in [1.807, 2.05) is 35.4 Å². The van der Waals surface area contributed by atoms with E-state index < -0.39 is 0 Å². The largest absolute Gasteiger partial charge is 0.459 e. The van der Waals surface area contributed by atoms with Gasteiger partial charge in [0, 0.05) is 29.3 Å². The van der Waals surface area contributed by atoms with Gasteiger partial charge in [0.15, 0.2) is 5.76 Å². The van der Waals surface area contributed by atoms with Crippen LogP contribution in [0.3, 0.4) is 0 Å². The number of amides is 2. The fourth-order valence-electron chi connectivity index (χ4n) is 3.51. The van der Waals surface area contributed by atoms with Crippen molar-refractivity contribution in [1.82, 2.24) is 4.90 Å². The predicted molar refractivity (Wildman–Crippen MR) is 116 cm³/mol. The van der Waals surface area contributed by atoms with Crippen LogP contribution in [0.25, 0.3) is 0 Å². The summed E-state index contributed by atoms with van der Waals surface area (Å²) >= 11 is 1.63. The lowest BCUT2D eigenvalue weighted by Gasteiger charge is -2.25. The summed E-state index contributed by atoms with van der Waals surface area (Å²) in [7, 11) is 0. The summed E-state index contributed by atoms with van der Waals surface area (Å²) in [6.07, 6.45) is 3.51. The van der Waals surface area contributed by atoms with E-state index in [-0.39, 0.29) is 23.7 Å².